The average molecular weight is 2020 g/mol. The minimum absolute atomic E-state index is 0.0767. The maximum absolute atomic E-state index is 7.44. The fraction of sp³-hybridized carbons (Fsp3) is 0.723. The van der Waals surface area contributed by atoms with Gasteiger partial charge in [-0.2, -0.15) is 0 Å². The number of hydrogen-bond donors (Lipinski definition) is 0. The third-order valence-electron chi connectivity index (χ3n) is 29.4. The molecule has 6 aromatic rings. The van der Waals surface area contributed by atoms with Gasteiger partial charge in [0.05, 0.1) is 19.8 Å². The molecule has 6 aromatic carbocycles. The third-order valence-corrected chi connectivity index (χ3v) is 32.7. The summed E-state index contributed by atoms with van der Waals surface area (Å²) < 4.78 is 64.3. The Morgan fingerprint density at radius 1 is 0.225 bits per heavy atom. The molecule has 0 aliphatic carbocycles. The highest BCUT2D eigenvalue weighted by atomic mass is 31.2. The minimum atomic E-state index is -1.86. The molecule has 0 heterocycles. The number of rotatable bonds is 89. The largest absolute Gasteiger partial charge is 0.463 e. The first-order valence-electron chi connectivity index (χ1n) is 60.0. The van der Waals surface area contributed by atoms with E-state index in [2.05, 4.69) is 241 Å². The van der Waals surface area contributed by atoms with Crippen molar-refractivity contribution in [3.8, 4) is 34.5 Å². The van der Waals surface area contributed by atoms with Crippen LogP contribution < -0.4 is 27.1 Å². The Morgan fingerprint density at radius 3 is 0.641 bits per heavy atom. The van der Waals surface area contributed by atoms with Gasteiger partial charge in [-0.25, -0.2) is 0 Å². The van der Waals surface area contributed by atoms with Crippen molar-refractivity contribution in [2.45, 2.75) is 590 Å². The van der Waals surface area contributed by atoms with Gasteiger partial charge in [0.25, 0.3) is 0 Å². The molecule has 0 saturated carbocycles. The van der Waals surface area contributed by atoms with Gasteiger partial charge in [-0.05, 0) is 212 Å². The maximum Gasteiger partial charge on any atom is 0.463 e. The second-order valence-electron chi connectivity index (χ2n) is 46.1. The number of aryl methyl sites for hydroxylation is 6. The van der Waals surface area contributed by atoms with E-state index in [1.807, 2.05) is 0 Å². The number of unbranched alkanes of at least 4 members (excludes halogenated alkanes) is 57. The molecule has 12 heteroatoms. The summed E-state index contributed by atoms with van der Waals surface area (Å²) in [6, 6.07) is 40.8. The molecule has 0 bridgehead atoms. The van der Waals surface area contributed by atoms with Crippen molar-refractivity contribution in [3.05, 3.63) is 176 Å². The minimum Gasteiger partial charge on any atom is -0.418 e. The van der Waals surface area contributed by atoms with Crippen LogP contribution in [0.2, 0.25) is 0 Å². The lowest BCUT2D eigenvalue weighted by atomic mass is 9.74. The van der Waals surface area contributed by atoms with Gasteiger partial charge in [-0.1, -0.05) is 531 Å². The molecule has 0 spiro atoms. The van der Waals surface area contributed by atoms with Crippen LogP contribution in [0.25, 0.3) is 0 Å². The smallest absolute Gasteiger partial charge is 0.418 e. The first kappa shape index (κ1) is 126. The zero-order valence-electron chi connectivity index (χ0n) is 95.6. The molecule has 0 amide bonds. The van der Waals surface area contributed by atoms with Gasteiger partial charge >= 0.3 is 25.8 Å². The lowest BCUT2D eigenvalue weighted by molar-refractivity contribution is 0.256. The molecule has 0 radical (unpaired) electrons. The summed E-state index contributed by atoms with van der Waals surface area (Å²) in [4.78, 5) is 0. The van der Waals surface area contributed by atoms with Crippen LogP contribution in [0.5, 0.6) is 34.5 Å². The van der Waals surface area contributed by atoms with Gasteiger partial charge in [0.2, 0.25) is 0 Å². The van der Waals surface area contributed by atoms with Crippen LogP contribution in [0.1, 0.15) is 600 Å². The Labute approximate surface area is 880 Å². The Balaban J connectivity index is 1.41. The molecule has 4 unspecified atom stereocenters. The van der Waals surface area contributed by atoms with Crippen molar-refractivity contribution >= 4 is 25.8 Å². The zero-order valence-corrected chi connectivity index (χ0v) is 98.2. The van der Waals surface area contributed by atoms with E-state index in [1.54, 1.807) is 0 Å². The van der Waals surface area contributed by atoms with Crippen LogP contribution in [-0.4, -0.2) is 19.8 Å². The van der Waals surface area contributed by atoms with Gasteiger partial charge < -0.3 is 27.1 Å². The first-order valence-corrected chi connectivity index (χ1v) is 63.3. The van der Waals surface area contributed by atoms with Crippen molar-refractivity contribution in [1.82, 2.24) is 0 Å². The normalized spacial score (nSPS) is 13.1. The highest BCUT2D eigenvalue weighted by Gasteiger charge is 2.35. The lowest BCUT2D eigenvalue weighted by Crippen LogP contribution is -2.19. The van der Waals surface area contributed by atoms with Gasteiger partial charge in [-0.3, -0.25) is 13.6 Å². The van der Waals surface area contributed by atoms with E-state index in [4.69, 9.17) is 40.7 Å². The van der Waals surface area contributed by atoms with E-state index < -0.39 is 25.8 Å². The van der Waals surface area contributed by atoms with Crippen LogP contribution >= 0.6 is 25.8 Å². The van der Waals surface area contributed by atoms with Crippen LogP contribution in [0, 0.1) is 20.8 Å². The highest BCUT2D eigenvalue weighted by molar-refractivity contribution is 7.43. The molecule has 142 heavy (non-hydrogen) atoms. The molecule has 6 rings (SSSR count). The number of hydrogen-bond acceptors (Lipinski definition) is 9. The Morgan fingerprint density at radius 2 is 0.423 bits per heavy atom. The quantitative estimate of drug-likeness (QED) is 0.0274. The second-order valence-corrected chi connectivity index (χ2v) is 49.3. The molecule has 0 saturated heterocycles. The Kier molecular flexibility index (Phi) is 68.8. The summed E-state index contributed by atoms with van der Waals surface area (Å²) in [6.45, 7) is 46.1. The van der Waals surface area contributed by atoms with E-state index >= 15 is 0 Å². The second kappa shape index (κ2) is 77.6. The standard InChI is InChI=1S/C130H217O9P3/c1-20-26-32-38-44-47-50-53-56-59-62-65-68-74-80-95-131-140(134-115-92-83-89-112(102-115)86-77-71-41-35-29-23-4)137-125-99-109(8)118(105-122(125)128(11,12)13)108(7)98-121(119-106-123(129(14,15)16)126(100-110(119)9)138-141(135-116-93-84-90-113(103-116)87-78-72-42-36-30-24-5)132-96-81-75-69-66-63-60-57-54-51-48-45-39-33-27-21-2)120-107-124(130(17,18)19)127(101-111(120)10)139-142(136-117-94-85-91-114(104-117)88-79-73-43-37-31-25-6)133-97-82-76-70-67-64-61-58-55-52-49-46-40-34-28-22-3/h83-85,89-94,99-108,121H,20-82,86-88,95-98H2,1-19H3. The Bertz CT molecular complexity index is 3940. The van der Waals surface area contributed by atoms with Gasteiger partial charge in [0.15, 0.2) is 0 Å². The fourth-order valence-corrected chi connectivity index (χ4v) is 23.5. The van der Waals surface area contributed by atoms with Gasteiger partial charge in [-0.15, -0.1) is 0 Å². The SMILES string of the molecule is CCCCCCCCCCCCCCCCCOP(Oc1cccc(CCCCCCCC)c1)Oc1cc(C)c(C(C)CC(c2cc(C(C)(C)C)c(OP(OCCCCCCCCCCCCCCCCC)Oc3cccc(CCCCCCCC)c3)cc2C)c2cc(C(C)(C)C)c(OP(OCCCCCCCCCCCCCCCCC)Oc3cccc(CCCCCCCC)c3)cc2C)cc1C(C)(C)C. The van der Waals surface area contributed by atoms with Crippen molar-refractivity contribution in [3.63, 3.8) is 0 Å². The summed E-state index contributed by atoms with van der Waals surface area (Å²) in [5, 5.41) is 0. The van der Waals surface area contributed by atoms with Crippen molar-refractivity contribution in [2.24, 2.45) is 0 Å². The topological polar surface area (TPSA) is 83.1 Å². The van der Waals surface area contributed by atoms with E-state index in [1.165, 1.54) is 416 Å². The van der Waals surface area contributed by atoms with Crippen molar-refractivity contribution < 1.29 is 40.7 Å². The van der Waals surface area contributed by atoms with E-state index in [0.717, 1.165) is 115 Å². The van der Waals surface area contributed by atoms with E-state index in [0.29, 0.717) is 19.8 Å². The molecule has 806 valence electrons. The van der Waals surface area contributed by atoms with E-state index in [-0.39, 0.29) is 28.1 Å². The molecular formula is C130H217O9P3. The van der Waals surface area contributed by atoms with Crippen LogP contribution in [-0.2, 0) is 49.1 Å². The van der Waals surface area contributed by atoms with Crippen LogP contribution in [0.3, 0.4) is 0 Å². The van der Waals surface area contributed by atoms with Crippen molar-refractivity contribution in [1.29, 1.82) is 0 Å². The monoisotopic (exact) mass is 2020 g/mol. The maximum atomic E-state index is 7.44. The number of benzene rings is 6. The van der Waals surface area contributed by atoms with Crippen molar-refractivity contribution in [2.75, 3.05) is 19.8 Å². The molecule has 0 N–H and O–H groups in total. The zero-order chi connectivity index (χ0) is 102. The van der Waals surface area contributed by atoms with Crippen LogP contribution in [0.15, 0.2) is 109 Å². The van der Waals surface area contributed by atoms with E-state index in [9.17, 15) is 0 Å². The molecular weight excluding hydrogens is 1800 g/mol. The highest BCUT2D eigenvalue weighted by Crippen LogP contribution is 2.53. The van der Waals surface area contributed by atoms with Gasteiger partial charge in [0, 0.05) is 22.6 Å². The Hall–Kier alpha value is -4.71. The molecule has 0 aliphatic heterocycles. The predicted octanol–water partition coefficient (Wildman–Crippen LogP) is 45.3. The lowest BCUT2D eigenvalue weighted by Gasteiger charge is -2.33. The van der Waals surface area contributed by atoms with Gasteiger partial charge in [0.1, 0.15) is 34.5 Å². The molecule has 0 fully saturated rings. The third kappa shape index (κ3) is 55.7. The fourth-order valence-electron chi connectivity index (χ4n) is 20.4. The summed E-state index contributed by atoms with van der Waals surface area (Å²) in [6.07, 6.45) is 85.9. The first-order chi connectivity index (χ1) is 68.9. The molecule has 0 aromatic heterocycles. The summed E-state index contributed by atoms with van der Waals surface area (Å²) in [7, 11) is -5.56. The summed E-state index contributed by atoms with van der Waals surface area (Å²) in [5.74, 6) is 4.88. The molecule has 4 atom stereocenters. The van der Waals surface area contributed by atoms with Crippen LogP contribution in [0.4, 0.5) is 0 Å². The summed E-state index contributed by atoms with van der Waals surface area (Å²) in [5.41, 5.74) is 13.7. The molecule has 9 nitrogen and oxygen atoms in total. The summed E-state index contributed by atoms with van der Waals surface area (Å²) >= 11 is 0. The predicted molar refractivity (Wildman–Crippen MR) is 622 cm³/mol. The average Bonchev–Trinajstić information content (AvgIpc) is 0.757. The molecule has 0 aliphatic rings.